The van der Waals surface area contributed by atoms with Crippen LogP contribution in [0.25, 0.3) is 66.8 Å². The summed E-state index contributed by atoms with van der Waals surface area (Å²) in [5.41, 5.74) is 10.7. The molecule has 9 aromatic rings. The van der Waals surface area contributed by atoms with Gasteiger partial charge in [-0.15, -0.1) is 11.8 Å². The lowest BCUT2D eigenvalue weighted by atomic mass is 9.95. The summed E-state index contributed by atoms with van der Waals surface area (Å²) in [6.07, 6.45) is 4.40. The van der Waals surface area contributed by atoms with E-state index in [-0.39, 0.29) is 23.6 Å². The van der Waals surface area contributed by atoms with Gasteiger partial charge in [0.05, 0.1) is 34.9 Å². The Kier molecular flexibility index (Phi) is 11.2. The van der Waals surface area contributed by atoms with Gasteiger partial charge in [-0.25, -0.2) is 19.9 Å². The predicted octanol–water partition coefficient (Wildman–Crippen LogP) is 11.8. The average molecular weight is 886 g/mol. The highest BCUT2D eigenvalue weighted by Crippen LogP contribution is 2.37. The van der Waals surface area contributed by atoms with E-state index in [0.717, 1.165) is 73.8 Å². The smallest absolute Gasteiger partial charge is 0.196 e. The summed E-state index contributed by atoms with van der Waals surface area (Å²) in [6, 6.07) is 41.1. The Labute approximate surface area is 376 Å². The van der Waals surface area contributed by atoms with Crippen molar-refractivity contribution >= 4 is 57.0 Å². The number of fused-ring (bicyclic) bond motifs is 2. The van der Waals surface area contributed by atoms with Crippen LogP contribution in [0.1, 0.15) is 41.1 Å². The van der Waals surface area contributed by atoms with Crippen LogP contribution in [0.2, 0.25) is 10.3 Å². The minimum absolute atomic E-state index is 0.115. The van der Waals surface area contributed by atoms with Gasteiger partial charge in [0.15, 0.2) is 10.9 Å². The van der Waals surface area contributed by atoms with E-state index in [2.05, 4.69) is 33.2 Å². The molecule has 6 heterocycles. The third-order valence-electron chi connectivity index (χ3n) is 11.0. The minimum Gasteiger partial charge on any atom is -0.373 e. The SMILES string of the molecule is Cc1cc(-c2cc3c(=O)c(COC4CC4)c[nH]c3nc2-c2cccc(Cc3cc(-c4cc5c(=O)cc(CSc6ccccc6)[nH]c5nc4-c4ccccc4)cc(Cl)n3)c2)cc(Cl)n1. The van der Waals surface area contributed by atoms with Crippen LogP contribution in [0.3, 0.4) is 0 Å². The zero-order chi connectivity index (χ0) is 43.0. The largest absolute Gasteiger partial charge is 0.373 e. The number of nitrogens with zero attached hydrogens (tertiary/aromatic N) is 4. The van der Waals surface area contributed by atoms with Crippen molar-refractivity contribution in [3.8, 4) is 44.8 Å². The molecule has 9 nitrogen and oxygen atoms in total. The number of aromatic nitrogens is 6. The van der Waals surface area contributed by atoms with Crippen LogP contribution in [0, 0.1) is 6.92 Å². The Balaban J connectivity index is 1.02. The van der Waals surface area contributed by atoms with Crippen LogP contribution in [0.5, 0.6) is 0 Å². The summed E-state index contributed by atoms with van der Waals surface area (Å²) in [4.78, 5) is 54.6. The van der Waals surface area contributed by atoms with Crippen molar-refractivity contribution in [3.63, 3.8) is 0 Å². The lowest BCUT2D eigenvalue weighted by Crippen LogP contribution is -2.13. The summed E-state index contributed by atoms with van der Waals surface area (Å²) in [5, 5.41) is 1.60. The summed E-state index contributed by atoms with van der Waals surface area (Å²) in [6.45, 7) is 2.13. The fourth-order valence-electron chi connectivity index (χ4n) is 7.81. The van der Waals surface area contributed by atoms with Gasteiger partial charge in [-0.2, -0.15) is 0 Å². The molecule has 10 rings (SSSR count). The number of pyridine rings is 6. The average Bonchev–Trinajstić information content (AvgIpc) is 4.12. The highest BCUT2D eigenvalue weighted by molar-refractivity contribution is 7.98. The van der Waals surface area contributed by atoms with Gasteiger partial charge in [0.2, 0.25) is 0 Å². The van der Waals surface area contributed by atoms with Crippen molar-refractivity contribution in [1.82, 2.24) is 29.9 Å². The van der Waals surface area contributed by atoms with Crippen LogP contribution in [-0.2, 0) is 23.5 Å². The molecule has 3 aromatic carbocycles. The molecule has 1 aliphatic carbocycles. The van der Waals surface area contributed by atoms with Crippen molar-refractivity contribution in [2.45, 2.75) is 49.5 Å². The van der Waals surface area contributed by atoms with Crippen LogP contribution in [0.15, 0.2) is 148 Å². The van der Waals surface area contributed by atoms with E-state index in [1.807, 2.05) is 104 Å². The highest BCUT2D eigenvalue weighted by atomic mass is 35.5. The van der Waals surface area contributed by atoms with Gasteiger partial charge < -0.3 is 14.7 Å². The maximum absolute atomic E-state index is 13.8. The fourth-order valence-corrected chi connectivity index (χ4v) is 9.12. The summed E-state index contributed by atoms with van der Waals surface area (Å²) in [7, 11) is 0. The topological polar surface area (TPSA) is 127 Å². The quantitative estimate of drug-likeness (QED) is 0.0917. The van der Waals surface area contributed by atoms with E-state index in [4.69, 9.17) is 42.9 Å². The molecule has 0 bridgehead atoms. The molecule has 0 unspecified atom stereocenters. The second-order valence-electron chi connectivity index (χ2n) is 15.7. The van der Waals surface area contributed by atoms with E-state index in [0.29, 0.717) is 61.5 Å². The number of benzene rings is 3. The lowest BCUT2D eigenvalue weighted by molar-refractivity contribution is 0.105. The normalized spacial score (nSPS) is 12.6. The van der Waals surface area contributed by atoms with Crippen LogP contribution < -0.4 is 10.9 Å². The molecule has 1 aliphatic rings. The molecule has 0 aliphatic heterocycles. The Hall–Kier alpha value is -6.43. The molecule has 63 heavy (non-hydrogen) atoms. The maximum Gasteiger partial charge on any atom is 0.196 e. The number of aromatic amines is 2. The Bertz CT molecular complexity index is 3300. The van der Waals surface area contributed by atoms with Crippen molar-refractivity contribution in [2.75, 3.05) is 0 Å². The monoisotopic (exact) mass is 884 g/mol. The molecule has 0 amide bonds. The summed E-state index contributed by atoms with van der Waals surface area (Å²) >= 11 is 15.0. The van der Waals surface area contributed by atoms with Crippen molar-refractivity contribution in [1.29, 1.82) is 0 Å². The van der Waals surface area contributed by atoms with Crippen LogP contribution in [-0.4, -0.2) is 36.0 Å². The van der Waals surface area contributed by atoms with Crippen molar-refractivity contribution in [3.05, 3.63) is 193 Å². The first-order valence-electron chi connectivity index (χ1n) is 20.6. The molecule has 2 N–H and O–H groups in total. The van der Waals surface area contributed by atoms with E-state index in [1.165, 1.54) is 0 Å². The fraction of sp³-hybridized carbons (Fsp3) is 0.137. The number of thioether (sulfide) groups is 1. The number of ether oxygens (including phenoxy) is 1. The first-order chi connectivity index (χ1) is 30.7. The van der Waals surface area contributed by atoms with Crippen molar-refractivity contribution in [2.24, 2.45) is 0 Å². The molecule has 1 fully saturated rings. The molecular formula is C51H38Cl2N6O3S. The lowest BCUT2D eigenvalue weighted by Gasteiger charge is -2.15. The number of hydrogen-bond donors (Lipinski definition) is 2. The standard InChI is InChI=1S/C51H38Cl2N6O3S/c1-29-17-33(21-45(52)55-29)41-25-43-49(61)35(27-62-38-15-16-38)26-54-50(43)58-48(41)32-12-8-9-30(18-32)19-36-20-34(22-46(53)56-36)40-24-42-44(60)23-37(28-63-39-13-6-3-7-14-39)57-51(42)59-47(40)31-10-4-2-5-11-31/h2-14,17-18,20-26,38H,15-16,19,27-28H2,1H3,(H,54,58,61)(H,57,59,60). The molecule has 1 saturated carbocycles. The summed E-state index contributed by atoms with van der Waals surface area (Å²) < 4.78 is 5.88. The molecule has 310 valence electrons. The summed E-state index contributed by atoms with van der Waals surface area (Å²) in [5.74, 6) is 0.594. The Morgan fingerprint density at radius 2 is 1.37 bits per heavy atom. The second-order valence-corrected chi connectivity index (χ2v) is 17.5. The number of H-pyrrole nitrogens is 2. The van der Waals surface area contributed by atoms with Crippen LogP contribution in [0.4, 0.5) is 0 Å². The van der Waals surface area contributed by atoms with E-state index in [1.54, 1.807) is 30.1 Å². The molecule has 0 spiro atoms. The first-order valence-corrected chi connectivity index (χ1v) is 22.3. The third-order valence-corrected chi connectivity index (χ3v) is 12.4. The van der Waals surface area contributed by atoms with Gasteiger partial charge in [0.1, 0.15) is 21.6 Å². The molecular weight excluding hydrogens is 848 g/mol. The van der Waals surface area contributed by atoms with Gasteiger partial charge in [-0.1, -0.05) is 89.9 Å². The molecule has 6 aromatic heterocycles. The number of rotatable bonds is 12. The number of halogens is 2. The second kappa shape index (κ2) is 17.4. The van der Waals surface area contributed by atoms with Gasteiger partial charge in [0, 0.05) is 74.2 Å². The van der Waals surface area contributed by atoms with Gasteiger partial charge in [-0.3, -0.25) is 9.59 Å². The van der Waals surface area contributed by atoms with E-state index >= 15 is 0 Å². The number of aryl methyl sites for hydroxylation is 1. The third kappa shape index (κ3) is 8.94. The number of nitrogens with one attached hydrogen (secondary N) is 2. The van der Waals surface area contributed by atoms with Gasteiger partial charge in [0.25, 0.3) is 0 Å². The molecule has 12 heteroatoms. The maximum atomic E-state index is 13.8. The number of hydrogen-bond acceptors (Lipinski definition) is 8. The highest BCUT2D eigenvalue weighted by Gasteiger charge is 2.23. The molecule has 0 radical (unpaired) electrons. The zero-order valence-corrected chi connectivity index (χ0v) is 36.3. The van der Waals surface area contributed by atoms with Crippen LogP contribution >= 0.6 is 35.0 Å². The Morgan fingerprint density at radius 3 is 2.13 bits per heavy atom. The van der Waals surface area contributed by atoms with E-state index < -0.39 is 0 Å². The molecule has 0 saturated heterocycles. The zero-order valence-electron chi connectivity index (χ0n) is 34.0. The van der Waals surface area contributed by atoms with E-state index in [9.17, 15) is 9.59 Å². The molecule has 0 atom stereocenters. The van der Waals surface area contributed by atoms with Crippen molar-refractivity contribution < 1.29 is 4.74 Å². The minimum atomic E-state index is -0.123. The first kappa shape index (κ1) is 40.6. The Morgan fingerprint density at radius 1 is 0.683 bits per heavy atom. The van der Waals surface area contributed by atoms with Gasteiger partial charge >= 0.3 is 0 Å². The predicted molar refractivity (Wildman–Crippen MR) is 253 cm³/mol. The van der Waals surface area contributed by atoms with Gasteiger partial charge in [-0.05, 0) is 91.1 Å².